The predicted octanol–water partition coefficient (Wildman–Crippen LogP) is 2.50. The molecule has 0 aliphatic carbocycles. The summed E-state index contributed by atoms with van der Waals surface area (Å²) >= 11 is 0. The van der Waals surface area contributed by atoms with Gasteiger partial charge in [-0.1, -0.05) is 26.0 Å². The van der Waals surface area contributed by atoms with E-state index in [1.54, 1.807) is 27.5 Å². The van der Waals surface area contributed by atoms with Crippen LogP contribution in [0, 0.1) is 12.8 Å². The highest BCUT2D eigenvalue weighted by Crippen LogP contribution is 2.36. The van der Waals surface area contributed by atoms with Crippen molar-refractivity contribution in [1.29, 1.82) is 0 Å². The highest BCUT2D eigenvalue weighted by molar-refractivity contribution is 5.91. The van der Waals surface area contributed by atoms with E-state index in [9.17, 15) is 9.59 Å². The minimum Gasteiger partial charge on any atom is -0.493 e. The molecule has 184 valence electrons. The van der Waals surface area contributed by atoms with Crippen molar-refractivity contribution in [2.45, 2.75) is 39.7 Å². The van der Waals surface area contributed by atoms with Crippen molar-refractivity contribution < 1.29 is 14.2 Å². The first-order valence-electron chi connectivity index (χ1n) is 11.4. The molecule has 3 heterocycles. The highest BCUT2D eigenvalue weighted by atomic mass is 16.5. The molecule has 2 aromatic rings. The van der Waals surface area contributed by atoms with Gasteiger partial charge in [-0.2, -0.15) is 0 Å². The summed E-state index contributed by atoms with van der Waals surface area (Å²) in [6.07, 6.45) is 3.54. The van der Waals surface area contributed by atoms with Gasteiger partial charge in [0, 0.05) is 25.9 Å². The summed E-state index contributed by atoms with van der Waals surface area (Å²) in [5.41, 5.74) is 2.98. The zero-order chi connectivity index (χ0) is 25.0. The second-order valence-corrected chi connectivity index (χ2v) is 8.76. The van der Waals surface area contributed by atoms with Crippen molar-refractivity contribution in [3.63, 3.8) is 0 Å². The Kier molecular flexibility index (Phi) is 7.96. The number of aliphatic imine (C=N–C) groups is 2. The van der Waals surface area contributed by atoms with Crippen LogP contribution in [0.2, 0.25) is 0 Å². The van der Waals surface area contributed by atoms with Crippen molar-refractivity contribution in [2.75, 3.05) is 27.4 Å². The van der Waals surface area contributed by atoms with E-state index in [2.05, 4.69) is 30.8 Å². The first kappa shape index (κ1) is 25.3. The fourth-order valence-electron chi connectivity index (χ4n) is 4.06. The predicted molar refractivity (Wildman–Crippen MR) is 133 cm³/mol. The minimum absolute atomic E-state index is 0.00806. The zero-order valence-electron chi connectivity index (χ0n) is 21.0. The summed E-state index contributed by atoms with van der Waals surface area (Å²) < 4.78 is 18.6. The van der Waals surface area contributed by atoms with Crippen LogP contribution in [0.5, 0.6) is 5.75 Å². The number of benzene rings is 1. The molecule has 9 heteroatoms. The third-order valence-electron chi connectivity index (χ3n) is 6.03. The molecule has 0 spiro atoms. The van der Waals surface area contributed by atoms with E-state index in [4.69, 9.17) is 14.2 Å². The zero-order valence-corrected chi connectivity index (χ0v) is 21.0. The Hall–Kier alpha value is -3.36. The van der Waals surface area contributed by atoms with Gasteiger partial charge in [0.2, 0.25) is 11.8 Å². The average molecular weight is 471 g/mol. The van der Waals surface area contributed by atoms with E-state index in [1.807, 2.05) is 12.1 Å². The van der Waals surface area contributed by atoms with Crippen LogP contribution in [-0.4, -0.2) is 54.3 Å². The van der Waals surface area contributed by atoms with Gasteiger partial charge in [-0.3, -0.25) is 9.36 Å². The van der Waals surface area contributed by atoms with Gasteiger partial charge in [-0.15, -0.1) is 0 Å². The number of fused-ring (bicyclic) bond motifs is 1. The third-order valence-corrected chi connectivity index (χ3v) is 6.03. The second kappa shape index (κ2) is 10.7. The summed E-state index contributed by atoms with van der Waals surface area (Å²) in [6, 6.07) is 3.92. The summed E-state index contributed by atoms with van der Waals surface area (Å²) in [4.78, 5) is 32.8. The molecule has 1 unspecified atom stereocenters. The number of nitrogens with zero attached hydrogens (tertiary/aromatic N) is 4. The number of ether oxygens (including phenoxy) is 3. The SMILES string of the molecule is COC1=NC(C(C)C)C(OC)=NC1.Cc1ccc(-c2cn(C)c(=O)n(C)c2=O)c2c1CCCO2. The lowest BCUT2D eigenvalue weighted by atomic mass is 9.95. The van der Waals surface area contributed by atoms with Crippen LogP contribution in [0.1, 0.15) is 31.4 Å². The lowest BCUT2D eigenvalue weighted by Gasteiger charge is -2.22. The average Bonchev–Trinajstić information content (AvgIpc) is 2.85. The number of aryl methyl sites for hydroxylation is 2. The Morgan fingerprint density at radius 3 is 2.50 bits per heavy atom. The Bertz CT molecular complexity index is 1220. The van der Waals surface area contributed by atoms with Crippen molar-refractivity contribution in [2.24, 2.45) is 30.0 Å². The Morgan fingerprint density at radius 1 is 1.12 bits per heavy atom. The molecule has 34 heavy (non-hydrogen) atoms. The smallest absolute Gasteiger partial charge is 0.330 e. The van der Waals surface area contributed by atoms with Crippen LogP contribution in [0.3, 0.4) is 0 Å². The van der Waals surface area contributed by atoms with Crippen LogP contribution in [0.15, 0.2) is 37.9 Å². The number of hydrogen-bond donors (Lipinski definition) is 0. The lowest BCUT2D eigenvalue weighted by molar-refractivity contribution is 0.289. The number of methoxy groups -OCH3 is 2. The highest BCUT2D eigenvalue weighted by Gasteiger charge is 2.24. The van der Waals surface area contributed by atoms with Crippen LogP contribution >= 0.6 is 0 Å². The van der Waals surface area contributed by atoms with E-state index >= 15 is 0 Å². The van der Waals surface area contributed by atoms with Gasteiger partial charge in [0.1, 0.15) is 18.3 Å². The standard InChI is InChI=1S/C16H18N2O3.C9H16N2O2/c1-10-6-7-12(14-11(10)5-4-8-21-14)13-9-17(2)16(20)18(3)15(13)19;1-6(2)8-9(13-4)10-5-7(11-8)12-3/h6-7,9H,4-5,8H2,1-3H3;6,8H,5H2,1-4H3. The van der Waals surface area contributed by atoms with Gasteiger partial charge >= 0.3 is 5.69 Å². The largest absolute Gasteiger partial charge is 0.493 e. The molecule has 0 saturated heterocycles. The van der Waals surface area contributed by atoms with Gasteiger partial charge in [-0.25, -0.2) is 14.8 Å². The minimum atomic E-state index is -0.328. The van der Waals surface area contributed by atoms with Crippen LogP contribution in [0.25, 0.3) is 11.1 Å². The topological polar surface area (TPSA) is 96.4 Å². The molecule has 4 rings (SSSR count). The van der Waals surface area contributed by atoms with Crippen molar-refractivity contribution in [3.05, 3.63) is 50.3 Å². The molecule has 1 aromatic carbocycles. The third kappa shape index (κ3) is 5.08. The maximum atomic E-state index is 12.4. The summed E-state index contributed by atoms with van der Waals surface area (Å²) in [6.45, 7) is 7.37. The molecule has 2 aliphatic heterocycles. The van der Waals surface area contributed by atoms with Gasteiger partial charge < -0.3 is 18.8 Å². The van der Waals surface area contributed by atoms with E-state index < -0.39 is 0 Å². The Morgan fingerprint density at radius 2 is 1.85 bits per heavy atom. The maximum Gasteiger partial charge on any atom is 0.330 e. The fourth-order valence-corrected chi connectivity index (χ4v) is 4.06. The molecule has 0 bridgehead atoms. The molecule has 1 aromatic heterocycles. The normalized spacial score (nSPS) is 17.0. The lowest BCUT2D eigenvalue weighted by Crippen LogP contribution is -2.37. The van der Waals surface area contributed by atoms with E-state index in [0.29, 0.717) is 36.4 Å². The Balaban J connectivity index is 0.000000215. The molecule has 1 atom stereocenters. The fraction of sp³-hybridized carbons (Fsp3) is 0.520. The Labute approximate surface area is 199 Å². The van der Waals surface area contributed by atoms with Crippen LogP contribution in [-0.2, 0) is 30.0 Å². The summed E-state index contributed by atoms with van der Waals surface area (Å²) in [5.74, 6) is 2.55. The molecule has 9 nitrogen and oxygen atoms in total. The van der Waals surface area contributed by atoms with Crippen molar-refractivity contribution in [3.8, 4) is 16.9 Å². The maximum absolute atomic E-state index is 12.4. The molecule has 0 N–H and O–H groups in total. The van der Waals surface area contributed by atoms with Crippen molar-refractivity contribution >= 4 is 11.8 Å². The van der Waals surface area contributed by atoms with E-state index in [0.717, 1.165) is 34.3 Å². The number of aromatic nitrogens is 2. The first-order valence-corrected chi connectivity index (χ1v) is 11.4. The molecule has 0 saturated carbocycles. The summed E-state index contributed by atoms with van der Waals surface area (Å²) in [7, 11) is 6.38. The quantitative estimate of drug-likeness (QED) is 0.672. The first-order chi connectivity index (χ1) is 16.2. The molecular weight excluding hydrogens is 436 g/mol. The number of hydrogen-bond acceptors (Lipinski definition) is 7. The molecule has 0 fully saturated rings. The van der Waals surface area contributed by atoms with Gasteiger partial charge in [0.15, 0.2) is 0 Å². The van der Waals surface area contributed by atoms with E-state index in [1.165, 1.54) is 17.2 Å². The van der Waals surface area contributed by atoms with Crippen molar-refractivity contribution in [1.82, 2.24) is 9.13 Å². The molecule has 0 radical (unpaired) electrons. The van der Waals surface area contributed by atoms with E-state index in [-0.39, 0.29) is 17.3 Å². The molecular formula is C25H34N4O5. The van der Waals surface area contributed by atoms with Crippen LogP contribution < -0.4 is 16.0 Å². The second-order valence-electron chi connectivity index (χ2n) is 8.76. The van der Waals surface area contributed by atoms with Gasteiger partial charge in [0.25, 0.3) is 5.56 Å². The summed E-state index contributed by atoms with van der Waals surface area (Å²) in [5, 5.41) is 0. The monoisotopic (exact) mass is 470 g/mol. The molecule has 0 amide bonds. The van der Waals surface area contributed by atoms with Gasteiger partial charge in [0.05, 0.1) is 26.4 Å². The molecule has 2 aliphatic rings. The number of rotatable bonds is 2. The van der Waals surface area contributed by atoms with Gasteiger partial charge in [-0.05, 0) is 36.8 Å². The van der Waals surface area contributed by atoms with Crippen LogP contribution in [0.4, 0.5) is 0 Å².